The van der Waals surface area contributed by atoms with E-state index in [-0.39, 0.29) is 0 Å². The van der Waals surface area contributed by atoms with Gasteiger partial charge in [-0.05, 0) is 44.8 Å². The minimum Gasteiger partial charge on any atom is -0.356 e. The number of hydrazine groups is 1. The molecule has 0 amide bonds. The Morgan fingerprint density at radius 2 is 1.85 bits per heavy atom. The first kappa shape index (κ1) is 13.6. The van der Waals surface area contributed by atoms with Crippen LogP contribution in [0, 0.1) is 0 Å². The van der Waals surface area contributed by atoms with E-state index in [9.17, 15) is 0 Å². The van der Waals surface area contributed by atoms with E-state index in [4.69, 9.17) is 5.84 Å². The normalized spacial score (nSPS) is 21.9. The van der Waals surface area contributed by atoms with E-state index >= 15 is 0 Å². The van der Waals surface area contributed by atoms with Crippen molar-refractivity contribution >= 4 is 11.8 Å². The molecule has 110 valence electrons. The minimum absolute atomic E-state index is 0.487. The van der Waals surface area contributed by atoms with Crippen molar-refractivity contribution < 1.29 is 0 Å². The minimum atomic E-state index is 0.487. The lowest BCUT2D eigenvalue weighted by molar-refractivity contribution is 0.141. The molecule has 2 aliphatic heterocycles. The Balaban J connectivity index is 1.57. The number of rotatable bonds is 3. The zero-order chi connectivity index (χ0) is 13.8. The first-order valence-electron chi connectivity index (χ1n) is 7.65. The van der Waals surface area contributed by atoms with Crippen molar-refractivity contribution in [3.8, 4) is 0 Å². The highest BCUT2D eigenvalue weighted by Crippen LogP contribution is 2.23. The third-order valence-corrected chi connectivity index (χ3v) is 4.47. The Kier molecular flexibility index (Phi) is 4.32. The van der Waals surface area contributed by atoms with Crippen LogP contribution >= 0.6 is 0 Å². The van der Waals surface area contributed by atoms with Gasteiger partial charge in [-0.15, -0.1) is 0 Å². The van der Waals surface area contributed by atoms with Crippen LogP contribution in [0.2, 0.25) is 0 Å². The molecule has 6 nitrogen and oxygen atoms in total. The summed E-state index contributed by atoms with van der Waals surface area (Å²) < 4.78 is 0. The van der Waals surface area contributed by atoms with Gasteiger partial charge in [-0.1, -0.05) is 6.42 Å². The summed E-state index contributed by atoms with van der Waals surface area (Å²) in [5.74, 6) is 6.83. The van der Waals surface area contributed by atoms with Crippen molar-refractivity contribution in [1.82, 2.24) is 14.9 Å². The SMILES string of the molecule is NNc1nccc(N2CCC(N3CCCCC3)CC2)n1. The van der Waals surface area contributed by atoms with Crippen molar-refractivity contribution in [2.75, 3.05) is 36.5 Å². The summed E-state index contributed by atoms with van der Waals surface area (Å²) in [6.07, 6.45) is 8.37. The zero-order valence-electron chi connectivity index (χ0n) is 12.0. The third kappa shape index (κ3) is 3.02. The Hall–Kier alpha value is -1.40. The average molecular weight is 276 g/mol. The van der Waals surface area contributed by atoms with Crippen molar-refractivity contribution in [2.24, 2.45) is 5.84 Å². The molecule has 0 aromatic carbocycles. The van der Waals surface area contributed by atoms with E-state index in [1.807, 2.05) is 6.07 Å². The van der Waals surface area contributed by atoms with Gasteiger partial charge >= 0.3 is 0 Å². The molecule has 2 saturated heterocycles. The van der Waals surface area contributed by atoms with E-state index in [0.29, 0.717) is 5.95 Å². The molecule has 0 spiro atoms. The van der Waals surface area contributed by atoms with Crippen LogP contribution in [0.1, 0.15) is 32.1 Å². The summed E-state index contributed by atoms with van der Waals surface area (Å²) in [5.41, 5.74) is 2.51. The standard InChI is InChI=1S/C14H24N6/c15-18-14-16-7-4-13(17-14)20-10-5-12(6-11-20)19-8-2-1-3-9-19/h4,7,12H,1-3,5-6,8-11,15H2,(H,16,17,18). The summed E-state index contributed by atoms with van der Waals surface area (Å²) in [6, 6.07) is 2.72. The molecule has 0 radical (unpaired) electrons. The van der Waals surface area contributed by atoms with Crippen LogP contribution < -0.4 is 16.2 Å². The van der Waals surface area contributed by atoms with E-state index in [1.165, 1.54) is 45.2 Å². The van der Waals surface area contributed by atoms with Gasteiger partial charge < -0.3 is 9.80 Å². The van der Waals surface area contributed by atoms with Crippen LogP contribution in [0.25, 0.3) is 0 Å². The van der Waals surface area contributed by atoms with Crippen LogP contribution in [-0.2, 0) is 0 Å². The molecular formula is C14H24N6. The number of anilines is 2. The first-order chi connectivity index (χ1) is 9.86. The molecule has 3 rings (SSSR count). The molecule has 3 N–H and O–H groups in total. The maximum Gasteiger partial charge on any atom is 0.239 e. The Morgan fingerprint density at radius 3 is 2.55 bits per heavy atom. The van der Waals surface area contributed by atoms with Gasteiger partial charge in [0.2, 0.25) is 5.95 Å². The molecule has 0 saturated carbocycles. The van der Waals surface area contributed by atoms with Gasteiger partial charge in [0.05, 0.1) is 0 Å². The molecule has 1 aromatic rings. The molecule has 0 aliphatic carbocycles. The lowest BCUT2D eigenvalue weighted by Crippen LogP contribution is -2.47. The topological polar surface area (TPSA) is 70.3 Å². The number of hydrogen-bond donors (Lipinski definition) is 2. The second-order valence-electron chi connectivity index (χ2n) is 5.70. The summed E-state index contributed by atoms with van der Waals surface area (Å²) in [7, 11) is 0. The highest BCUT2D eigenvalue weighted by Gasteiger charge is 2.26. The zero-order valence-corrected chi connectivity index (χ0v) is 12.0. The third-order valence-electron chi connectivity index (χ3n) is 4.47. The van der Waals surface area contributed by atoms with Crippen LogP contribution in [-0.4, -0.2) is 47.1 Å². The number of nitrogens with two attached hydrogens (primary N) is 1. The van der Waals surface area contributed by atoms with Crippen molar-refractivity contribution in [3.63, 3.8) is 0 Å². The number of aromatic nitrogens is 2. The number of nitrogens with one attached hydrogen (secondary N) is 1. The average Bonchev–Trinajstić information content (AvgIpc) is 2.56. The summed E-state index contributed by atoms with van der Waals surface area (Å²) in [5, 5.41) is 0. The molecule has 1 aromatic heterocycles. The van der Waals surface area contributed by atoms with Gasteiger partial charge in [0.15, 0.2) is 0 Å². The molecule has 2 aliphatic rings. The predicted molar refractivity (Wildman–Crippen MR) is 80.5 cm³/mol. The molecule has 20 heavy (non-hydrogen) atoms. The molecule has 3 heterocycles. The van der Waals surface area contributed by atoms with Gasteiger partial charge in [0, 0.05) is 25.3 Å². The van der Waals surface area contributed by atoms with Crippen LogP contribution in [0.3, 0.4) is 0 Å². The van der Waals surface area contributed by atoms with E-state index in [2.05, 4.69) is 25.2 Å². The second kappa shape index (κ2) is 6.37. The second-order valence-corrected chi connectivity index (χ2v) is 5.70. The molecule has 6 heteroatoms. The lowest BCUT2D eigenvalue weighted by Gasteiger charge is -2.40. The number of nitrogen functional groups attached to an aromatic ring is 1. The molecule has 2 fully saturated rings. The fourth-order valence-electron chi connectivity index (χ4n) is 3.34. The maximum absolute atomic E-state index is 5.37. The predicted octanol–water partition coefficient (Wildman–Crippen LogP) is 1.22. The highest BCUT2D eigenvalue weighted by atomic mass is 15.3. The van der Waals surface area contributed by atoms with Gasteiger partial charge in [-0.2, -0.15) is 4.98 Å². The summed E-state index contributed by atoms with van der Waals surface area (Å²) in [4.78, 5) is 13.5. The first-order valence-corrected chi connectivity index (χ1v) is 7.65. The summed E-state index contributed by atoms with van der Waals surface area (Å²) in [6.45, 7) is 4.73. The van der Waals surface area contributed by atoms with Crippen LogP contribution in [0.4, 0.5) is 11.8 Å². The molecule has 0 unspecified atom stereocenters. The van der Waals surface area contributed by atoms with Gasteiger partial charge in [0.25, 0.3) is 0 Å². The number of hydrogen-bond acceptors (Lipinski definition) is 6. The van der Waals surface area contributed by atoms with Crippen LogP contribution in [0.15, 0.2) is 12.3 Å². The highest BCUT2D eigenvalue weighted by molar-refractivity contribution is 5.42. The number of nitrogens with zero attached hydrogens (tertiary/aromatic N) is 4. The van der Waals surface area contributed by atoms with Crippen LogP contribution in [0.5, 0.6) is 0 Å². The Morgan fingerprint density at radius 1 is 1.10 bits per heavy atom. The monoisotopic (exact) mass is 276 g/mol. The largest absolute Gasteiger partial charge is 0.356 e. The molecular weight excluding hydrogens is 252 g/mol. The van der Waals surface area contributed by atoms with E-state index in [0.717, 1.165) is 24.9 Å². The number of piperidine rings is 2. The Labute approximate surface area is 120 Å². The number of likely N-dealkylation sites (tertiary alicyclic amines) is 1. The van der Waals surface area contributed by atoms with Gasteiger partial charge in [-0.3, -0.25) is 5.43 Å². The maximum atomic E-state index is 5.37. The fraction of sp³-hybridized carbons (Fsp3) is 0.714. The smallest absolute Gasteiger partial charge is 0.239 e. The fourth-order valence-corrected chi connectivity index (χ4v) is 3.34. The van der Waals surface area contributed by atoms with Gasteiger partial charge in [-0.25, -0.2) is 10.8 Å². The van der Waals surface area contributed by atoms with Crippen molar-refractivity contribution in [3.05, 3.63) is 12.3 Å². The van der Waals surface area contributed by atoms with Gasteiger partial charge in [0.1, 0.15) is 5.82 Å². The lowest BCUT2D eigenvalue weighted by atomic mass is 10.00. The summed E-state index contributed by atoms with van der Waals surface area (Å²) >= 11 is 0. The van der Waals surface area contributed by atoms with E-state index in [1.54, 1.807) is 6.20 Å². The van der Waals surface area contributed by atoms with E-state index < -0.39 is 0 Å². The van der Waals surface area contributed by atoms with Crippen molar-refractivity contribution in [1.29, 1.82) is 0 Å². The molecule has 0 bridgehead atoms. The van der Waals surface area contributed by atoms with Crippen molar-refractivity contribution in [2.45, 2.75) is 38.1 Å². The Bertz CT molecular complexity index is 423. The quantitative estimate of drug-likeness (QED) is 0.639. The molecule has 0 atom stereocenters.